The van der Waals surface area contributed by atoms with Gasteiger partial charge in [0.25, 0.3) is 0 Å². The average molecular weight is 499 g/mol. The zero-order chi connectivity index (χ0) is 25.4. The summed E-state index contributed by atoms with van der Waals surface area (Å²) in [5.41, 5.74) is 3.38. The van der Waals surface area contributed by atoms with Gasteiger partial charge < -0.3 is 19.9 Å². The fourth-order valence-corrected chi connectivity index (χ4v) is 5.70. The lowest BCUT2D eigenvalue weighted by Gasteiger charge is -2.43. The third-order valence-corrected chi connectivity index (χ3v) is 8.03. The molecule has 8 heteroatoms. The van der Waals surface area contributed by atoms with Crippen molar-refractivity contribution in [2.75, 3.05) is 36.5 Å². The van der Waals surface area contributed by atoms with Crippen LogP contribution in [0.15, 0.2) is 31.0 Å². The van der Waals surface area contributed by atoms with Gasteiger partial charge in [-0.05, 0) is 68.2 Å². The zero-order valence-corrected chi connectivity index (χ0v) is 21.2. The quantitative estimate of drug-likeness (QED) is 0.568. The Labute approximate surface area is 218 Å². The van der Waals surface area contributed by atoms with E-state index in [1.54, 1.807) is 12.3 Å². The van der Waals surface area contributed by atoms with E-state index in [9.17, 15) is 10.1 Å². The molecule has 2 aromatic heterocycles. The van der Waals surface area contributed by atoms with Gasteiger partial charge >= 0.3 is 0 Å². The van der Waals surface area contributed by atoms with Gasteiger partial charge in [0.2, 0.25) is 5.91 Å². The maximum Gasteiger partial charge on any atom is 0.225 e. The third-order valence-electron chi connectivity index (χ3n) is 8.03. The molecule has 1 N–H and O–H groups in total. The average Bonchev–Trinajstić information content (AvgIpc) is 3.87. The van der Waals surface area contributed by atoms with Crippen molar-refractivity contribution in [3.63, 3.8) is 0 Å². The Bertz CT molecular complexity index is 1230. The number of carbonyl (C=O) groups is 1. The molecule has 2 aromatic rings. The van der Waals surface area contributed by atoms with Gasteiger partial charge in [0.15, 0.2) is 0 Å². The van der Waals surface area contributed by atoms with E-state index in [1.165, 1.54) is 0 Å². The number of hydrogen-bond acceptors (Lipinski definition) is 7. The standard InChI is InChI=1S/C29H34N6O2/c1-2-19-9-10-31-26(14-19)32-24-15-22(17-30)29(33-28(24)21-7-8-21)34-11-12-35(25(18-34)20-5-6-20)27(36)16-23-4-3-13-37-23/h2,9-10,14-15,20-21,23,25H,1,3-8,11-13,16,18H2,(H,31,32)/t23?,25-/m0/s1. The van der Waals surface area contributed by atoms with Gasteiger partial charge in [-0.3, -0.25) is 4.79 Å². The molecule has 6 rings (SSSR count). The number of nitrogens with zero attached hydrogens (tertiary/aromatic N) is 5. The second-order valence-electron chi connectivity index (χ2n) is 10.8. The smallest absolute Gasteiger partial charge is 0.225 e. The summed E-state index contributed by atoms with van der Waals surface area (Å²) in [5, 5.41) is 13.5. The van der Waals surface area contributed by atoms with Crippen LogP contribution in [0, 0.1) is 17.2 Å². The Morgan fingerprint density at radius 3 is 2.81 bits per heavy atom. The van der Waals surface area contributed by atoms with Crippen LogP contribution >= 0.6 is 0 Å². The predicted octanol–water partition coefficient (Wildman–Crippen LogP) is 4.61. The molecule has 1 amide bonds. The lowest BCUT2D eigenvalue weighted by atomic mass is 10.0. The summed E-state index contributed by atoms with van der Waals surface area (Å²) in [6.07, 6.45) is 10.6. The molecule has 2 atom stereocenters. The van der Waals surface area contributed by atoms with Gasteiger partial charge in [-0.1, -0.05) is 12.7 Å². The summed E-state index contributed by atoms with van der Waals surface area (Å²) in [6.45, 7) is 6.68. The van der Waals surface area contributed by atoms with Crippen LogP contribution in [0.4, 0.5) is 17.3 Å². The lowest BCUT2D eigenvalue weighted by Crippen LogP contribution is -2.57. The van der Waals surface area contributed by atoms with Crippen molar-refractivity contribution in [2.45, 2.75) is 63.0 Å². The molecule has 0 bridgehead atoms. The molecule has 0 aromatic carbocycles. The van der Waals surface area contributed by atoms with Crippen molar-refractivity contribution in [2.24, 2.45) is 5.92 Å². The number of nitriles is 1. The highest BCUT2D eigenvalue weighted by Gasteiger charge is 2.42. The number of nitrogens with one attached hydrogen (secondary N) is 1. The van der Waals surface area contributed by atoms with Crippen molar-refractivity contribution in [1.29, 1.82) is 5.26 Å². The van der Waals surface area contributed by atoms with Gasteiger partial charge in [-0.15, -0.1) is 0 Å². The Morgan fingerprint density at radius 2 is 2.11 bits per heavy atom. The SMILES string of the molecule is C=Cc1ccnc(Nc2cc(C#N)c(N3CCN(C(=O)CC4CCCO4)[C@H](C4CC4)C3)nc2C2CC2)c1. The minimum Gasteiger partial charge on any atom is -0.378 e. The number of aromatic nitrogens is 2. The molecule has 4 fully saturated rings. The summed E-state index contributed by atoms with van der Waals surface area (Å²) in [7, 11) is 0. The molecule has 2 saturated carbocycles. The highest BCUT2D eigenvalue weighted by atomic mass is 16.5. The monoisotopic (exact) mass is 498 g/mol. The zero-order valence-electron chi connectivity index (χ0n) is 21.2. The van der Waals surface area contributed by atoms with Crippen molar-refractivity contribution in [3.05, 3.63) is 47.8 Å². The first-order valence-electron chi connectivity index (χ1n) is 13.6. The molecule has 8 nitrogen and oxygen atoms in total. The number of hydrogen-bond donors (Lipinski definition) is 1. The van der Waals surface area contributed by atoms with Crippen molar-refractivity contribution in [1.82, 2.24) is 14.9 Å². The molecule has 2 saturated heterocycles. The normalized spacial score (nSPS) is 23.5. The molecular formula is C29H34N6O2. The van der Waals surface area contributed by atoms with Crippen LogP contribution in [-0.4, -0.2) is 59.2 Å². The number of piperazine rings is 1. The maximum absolute atomic E-state index is 13.2. The van der Waals surface area contributed by atoms with Gasteiger partial charge in [-0.25, -0.2) is 9.97 Å². The Kier molecular flexibility index (Phi) is 6.56. The highest BCUT2D eigenvalue weighted by Crippen LogP contribution is 2.45. The van der Waals surface area contributed by atoms with Crippen LogP contribution in [0.2, 0.25) is 0 Å². The Hall–Kier alpha value is -3.44. The van der Waals surface area contributed by atoms with Crippen LogP contribution in [0.1, 0.15) is 67.7 Å². The van der Waals surface area contributed by atoms with Crippen LogP contribution in [0.25, 0.3) is 6.08 Å². The van der Waals surface area contributed by atoms with E-state index in [4.69, 9.17) is 9.72 Å². The van der Waals surface area contributed by atoms with E-state index in [-0.39, 0.29) is 18.1 Å². The van der Waals surface area contributed by atoms with Gasteiger partial charge in [0.05, 0.1) is 35.5 Å². The van der Waals surface area contributed by atoms with E-state index < -0.39 is 0 Å². The van der Waals surface area contributed by atoms with E-state index in [1.807, 2.05) is 18.2 Å². The number of pyridine rings is 2. The maximum atomic E-state index is 13.2. The van der Waals surface area contributed by atoms with Crippen LogP contribution in [0.5, 0.6) is 0 Å². The van der Waals surface area contributed by atoms with E-state index >= 15 is 0 Å². The third kappa shape index (κ3) is 5.19. The Morgan fingerprint density at radius 1 is 1.24 bits per heavy atom. The number of anilines is 3. The second-order valence-corrected chi connectivity index (χ2v) is 10.8. The lowest BCUT2D eigenvalue weighted by molar-refractivity contribution is -0.136. The molecular weight excluding hydrogens is 464 g/mol. The van der Waals surface area contributed by atoms with E-state index in [0.717, 1.165) is 74.4 Å². The minimum atomic E-state index is 0.0695. The Balaban J connectivity index is 1.25. The van der Waals surface area contributed by atoms with Crippen molar-refractivity contribution in [3.8, 4) is 6.07 Å². The van der Waals surface area contributed by atoms with Crippen LogP contribution in [0.3, 0.4) is 0 Å². The molecule has 4 aliphatic rings. The molecule has 192 valence electrons. The second kappa shape index (κ2) is 10.1. The summed E-state index contributed by atoms with van der Waals surface area (Å²) >= 11 is 0. The first-order valence-corrected chi connectivity index (χ1v) is 13.6. The fraction of sp³-hybridized carbons (Fsp3) is 0.517. The predicted molar refractivity (Wildman–Crippen MR) is 143 cm³/mol. The van der Waals surface area contributed by atoms with Crippen molar-refractivity contribution < 1.29 is 9.53 Å². The van der Waals surface area contributed by atoms with E-state index in [2.05, 4.69) is 32.7 Å². The van der Waals surface area contributed by atoms with Crippen LogP contribution < -0.4 is 10.2 Å². The summed E-state index contributed by atoms with van der Waals surface area (Å²) in [6, 6.07) is 8.34. The summed E-state index contributed by atoms with van der Waals surface area (Å²) in [4.78, 5) is 27.1. The van der Waals surface area contributed by atoms with Gasteiger partial charge in [0, 0.05) is 38.4 Å². The summed E-state index contributed by atoms with van der Waals surface area (Å²) in [5.74, 6) is 2.60. The van der Waals surface area contributed by atoms with Crippen LogP contribution in [-0.2, 0) is 9.53 Å². The first-order chi connectivity index (χ1) is 18.1. The number of carbonyl (C=O) groups excluding carboxylic acids is 1. The number of ether oxygens (including phenoxy) is 1. The molecule has 2 aliphatic carbocycles. The van der Waals surface area contributed by atoms with Gasteiger partial charge in [0.1, 0.15) is 17.7 Å². The van der Waals surface area contributed by atoms with Crippen molar-refractivity contribution >= 4 is 29.3 Å². The molecule has 1 unspecified atom stereocenters. The molecule has 4 heterocycles. The molecule has 37 heavy (non-hydrogen) atoms. The fourth-order valence-electron chi connectivity index (χ4n) is 5.70. The number of rotatable bonds is 8. The molecule has 2 aliphatic heterocycles. The topological polar surface area (TPSA) is 94.4 Å². The molecule has 0 radical (unpaired) electrons. The summed E-state index contributed by atoms with van der Waals surface area (Å²) < 4.78 is 5.74. The largest absolute Gasteiger partial charge is 0.378 e. The van der Waals surface area contributed by atoms with E-state index in [0.29, 0.717) is 42.7 Å². The minimum absolute atomic E-state index is 0.0695. The first kappa shape index (κ1) is 23.9. The molecule has 0 spiro atoms. The number of amides is 1. The van der Waals surface area contributed by atoms with Gasteiger partial charge in [-0.2, -0.15) is 5.26 Å². The highest BCUT2D eigenvalue weighted by molar-refractivity contribution is 5.78.